The summed E-state index contributed by atoms with van der Waals surface area (Å²) in [6, 6.07) is 8.74. The van der Waals surface area contributed by atoms with E-state index < -0.39 is 5.97 Å². The molecule has 6 heteroatoms. The van der Waals surface area contributed by atoms with Gasteiger partial charge in [0.1, 0.15) is 11.5 Å². The van der Waals surface area contributed by atoms with Gasteiger partial charge in [0.05, 0.1) is 5.57 Å². The lowest BCUT2D eigenvalue weighted by atomic mass is 10.0. The van der Waals surface area contributed by atoms with Gasteiger partial charge in [-0.3, -0.25) is 0 Å². The van der Waals surface area contributed by atoms with E-state index in [9.17, 15) is 20.1 Å². The number of phenolic OH excluding ortho intramolecular Hbond substituents is 2. The van der Waals surface area contributed by atoms with Gasteiger partial charge in [0.2, 0.25) is 6.79 Å². The Kier molecular flexibility index (Phi) is 3.34. The molecule has 6 nitrogen and oxygen atoms in total. The number of carbonyl (C=O) groups is 1. The first-order valence-corrected chi connectivity index (χ1v) is 6.41. The Labute approximate surface area is 125 Å². The van der Waals surface area contributed by atoms with E-state index >= 15 is 0 Å². The lowest BCUT2D eigenvalue weighted by Gasteiger charge is -2.06. The molecule has 0 saturated carbocycles. The third kappa shape index (κ3) is 2.54. The van der Waals surface area contributed by atoms with Crippen LogP contribution in [0.1, 0.15) is 11.1 Å². The highest BCUT2D eigenvalue weighted by Gasteiger charge is 2.18. The average Bonchev–Trinajstić information content (AvgIpc) is 2.93. The predicted octanol–water partition coefficient (Wildman–Crippen LogP) is 2.45. The maximum atomic E-state index is 11.5. The highest BCUT2D eigenvalue weighted by Crippen LogP contribution is 2.35. The number of benzene rings is 2. The fourth-order valence-corrected chi connectivity index (χ4v) is 2.14. The largest absolute Gasteiger partial charge is 0.508 e. The molecule has 0 spiro atoms. The van der Waals surface area contributed by atoms with Crippen LogP contribution in [0, 0.1) is 0 Å². The van der Waals surface area contributed by atoms with Crippen LogP contribution >= 0.6 is 0 Å². The van der Waals surface area contributed by atoms with Gasteiger partial charge in [0.25, 0.3) is 0 Å². The predicted molar refractivity (Wildman–Crippen MR) is 77.8 cm³/mol. The summed E-state index contributed by atoms with van der Waals surface area (Å²) in [4.78, 5) is 11.5. The van der Waals surface area contributed by atoms with Crippen molar-refractivity contribution in [3.8, 4) is 23.0 Å². The molecule has 112 valence electrons. The SMILES string of the molecule is O=C(O)/C(=C\c1ccc(O)cc1O)c1ccc2c(c1)OCO2. The molecule has 0 amide bonds. The Bertz CT molecular complexity index is 778. The van der Waals surface area contributed by atoms with E-state index in [4.69, 9.17) is 9.47 Å². The number of hydrogen-bond acceptors (Lipinski definition) is 5. The Morgan fingerprint density at radius 3 is 2.55 bits per heavy atom. The topological polar surface area (TPSA) is 96.2 Å². The standard InChI is InChI=1S/C16H12O6/c17-11-3-1-10(13(18)7-11)5-12(16(19)20)9-2-4-14-15(6-9)22-8-21-14/h1-7,17-18H,8H2,(H,19,20)/b12-5-. The number of aromatic hydroxyl groups is 2. The lowest BCUT2D eigenvalue weighted by Crippen LogP contribution is -1.99. The van der Waals surface area contributed by atoms with Crippen LogP contribution in [0.2, 0.25) is 0 Å². The molecule has 3 rings (SSSR count). The number of hydrogen-bond donors (Lipinski definition) is 3. The summed E-state index contributed by atoms with van der Waals surface area (Å²) in [5.41, 5.74) is 0.691. The highest BCUT2D eigenvalue weighted by atomic mass is 16.7. The summed E-state index contributed by atoms with van der Waals surface area (Å²) in [5, 5.41) is 28.5. The molecule has 1 aliphatic rings. The number of fused-ring (bicyclic) bond motifs is 1. The van der Waals surface area contributed by atoms with Crippen molar-refractivity contribution < 1.29 is 29.6 Å². The summed E-state index contributed by atoms with van der Waals surface area (Å²) in [6.07, 6.45) is 1.33. The monoisotopic (exact) mass is 300 g/mol. The van der Waals surface area contributed by atoms with Crippen molar-refractivity contribution in [3.05, 3.63) is 47.5 Å². The fraction of sp³-hybridized carbons (Fsp3) is 0.0625. The molecule has 1 heterocycles. The molecule has 0 atom stereocenters. The summed E-state index contributed by atoms with van der Waals surface area (Å²) in [6.45, 7) is 0.101. The van der Waals surface area contributed by atoms with Crippen molar-refractivity contribution in [2.45, 2.75) is 0 Å². The van der Waals surface area contributed by atoms with E-state index in [1.807, 2.05) is 0 Å². The molecule has 0 bridgehead atoms. The fourth-order valence-electron chi connectivity index (χ4n) is 2.14. The minimum Gasteiger partial charge on any atom is -0.508 e. The zero-order chi connectivity index (χ0) is 15.7. The Hall–Kier alpha value is -3.15. The molecule has 0 radical (unpaired) electrons. The maximum Gasteiger partial charge on any atom is 0.336 e. The molecule has 0 aromatic heterocycles. The summed E-state index contributed by atoms with van der Waals surface area (Å²) >= 11 is 0. The summed E-state index contributed by atoms with van der Waals surface area (Å²) < 4.78 is 10.4. The van der Waals surface area contributed by atoms with Gasteiger partial charge in [-0.05, 0) is 35.9 Å². The second-order valence-electron chi connectivity index (χ2n) is 4.67. The van der Waals surface area contributed by atoms with Gasteiger partial charge in [-0.25, -0.2) is 4.79 Å². The van der Waals surface area contributed by atoms with Gasteiger partial charge in [0.15, 0.2) is 11.5 Å². The number of aliphatic carboxylic acids is 1. The smallest absolute Gasteiger partial charge is 0.336 e. The van der Waals surface area contributed by atoms with Crippen molar-refractivity contribution in [3.63, 3.8) is 0 Å². The quantitative estimate of drug-likeness (QED) is 0.595. The molecular formula is C16H12O6. The van der Waals surface area contributed by atoms with E-state index in [2.05, 4.69) is 0 Å². The van der Waals surface area contributed by atoms with Crippen LogP contribution in [0.4, 0.5) is 0 Å². The molecule has 22 heavy (non-hydrogen) atoms. The minimum atomic E-state index is -1.15. The third-order valence-corrected chi connectivity index (χ3v) is 3.23. The van der Waals surface area contributed by atoms with Crippen molar-refractivity contribution in [1.29, 1.82) is 0 Å². The van der Waals surface area contributed by atoms with Crippen LogP contribution in [0.3, 0.4) is 0 Å². The van der Waals surface area contributed by atoms with Gasteiger partial charge >= 0.3 is 5.97 Å². The second-order valence-corrected chi connectivity index (χ2v) is 4.67. The van der Waals surface area contributed by atoms with Crippen LogP contribution in [0.15, 0.2) is 36.4 Å². The Morgan fingerprint density at radius 1 is 1.05 bits per heavy atom. The number of rotatable bonds is 3. The van der Waals surface area contributed by atoms with E-state index in [0.29, 0.717) is 17.1 Å². The van der Waals surface area contributed by atoms with Crippen LogP contribution in [-0.2, 0) is 4.79 Å². The van der Waals surface area contributed by atoms with Crippen LogP contribution in [0.5, 0.6) is 23.0 Å². The zero-order valence-corrected chi connectivity index (χ0v) is 11.3. The highest BCUT2D eigenvalue weighted by molar-refractivity contribution is 6.21. The molecule has 1 aliphatic heterocycles. The van der Waals surface area contributed by atoms with Crippen molar-refractivity contribution in [2.24, 2.45) is 0 Å². The number of carboxylic acids is 1. The van der Waals surface area contributed by atoms with E-state index in [1.165, 1.54) is 18.2 Å². The van der Waals surface area contributed by atoms with Gasteiger partial charge in [-0.1, -0.05) is 6.07 Å². The normalized spacial score (nSPS) is 13.2. The van der Waals surface area contributed by atoms with Crippen LogP contribution in [-0.4, -0.2) is 28.1 Å². The van der Waals surface area contributed by atoms with Crippen molar-refractivity contribution in [1.82, 2.24) is 0 Å². The molecule has 0 saturated heterocycles. The van der Waals surface area contributed by atoms with Gasteiger partial charge in [0, 0.05) is 11.6 Å². The van der Waals surface area contributed by atoms with Crippen molar-refractivity contribution >= 4 is 17.6 Å². The number of ether oxygens (including phenoxy) is 2. The molecule has 2 aromatic rings. The molecular weight excluding hydrogens is 288 g/mol. The average molecular weight is 300 g/mol. The van der Waals surface area contributed by atoms with Gasteiger partial charge in [-0.15, -0.1) is 0 Å². The summed E-state index contributed by atoms with van der Waals surface area (Å²) in [7, 11) is 0. The lowest BCUT2D eigenvalue weighted by molar-refractivity contribution is -0.130. The first-order chi connectivity index (χ1) is 10.5. The van der Waals surface area contributed by atoms with E-state index in [0.717, 1.165) is 6.07 Å². The van der Waals surface area contributed by atoms with Crippen LogP contribution < -0.4 is 9.47 Å². The third-order valence-electron chi connectivity index (χ3n) is 3.23. The first kappa shape index (κ1) is 13.8. The first-order valence-electron chi connectivity index (χ1n) is 6.41. The van der Waals surface area contributed by atoms with Crippen molar-refractivity contribution in [2.75, 3.05) is 6.79 Å². The molecule has 3 N–H and O–H groups in total. The number of phenols is 2. The molecule has 0 aliphatic carbocycles. The number of carboxylic acid groups (broad SMARTS) is 1. The minimum absolute atomic E-state index is 0.0145. The Balaban J connectivity index is 2.06. The molecule has 0 fully saturated rings. The molecule has 2 aromatic carbocycles. The molecule has 0 unspecified atom stereocenters. The second kappa shape index (κ2) is 5.33. The van der Waals surface area contributed by atoms with Gasteiger partial charge in [-0.2, -0.15) is 0 Å². The van der Waals surface area contributed by atoms with Gasteiger partial charge < -0.3 is 24.8 Å². The van der Waals surface area contributed by atoms with Crippen LogP contribution in [0.25, 0.3) is 11.6 Å². The Morgan fingerprint density at radius 2 is 1.82 bits per heavy atom. The maximum absolute atomic E-state index is 11.5. The summed E-state index contributed by atoms with van der Waals surface area (Å²) in [5.74, 6) is -0.430. The van der Waals surface area contributed by atoms with E-state index in [1.54, 1.807) is 18.2 Å². The van der Waals surface area contributed by atoms with E-state index in [-0.39, 0.29) is 29.4 Å². The zero-order valence-electron chi connectivity index (χ0n) is 11.3.